The second-order valence-electron chi connectivity index (χ2n) is 2.55. The Morgan fingerprint density at radius 2 is 1.60 bits per heavy atom. The summed E-state index contributed by atoms with van der Waals surface area (Å²) in [5, 5.41) is 3.15. The van der Waals surface area contributed by atoms with Crippen LogP contribution in [0.3, 0.4) is 0 Å². The molecule has 0 aromatic heterocycles. The Kier molecular flexibility index (Phi) is 7.08. The first kappa shape index (κ1) is 13.5. The summed E-state index contributed by atoms with van der Waals surface area (Å²) in [7, 11) is 0. The molecule has 1 aromatic carbocycles. The molecule has 0 saturated carbocycles. The molecular weight excluding hydrogens is 182 g/mol. The molecule has 0 atom stereocenters. The average Bonchev–Trinajstić information content (AvgIpc) is 2.35. The van der Waals surface area contributed by atoms with Crippen LogP contribution in [-0.4, -0.2) is 0 Å². The van der Waals surface area contributed by atoms with Crippen LogP contribution in [-0.2, 0) is 0 Å². The van der Waals surface area contributed by atoms with Gasteiger partial charge in [0.05, 0.1) is 0 Å². The van der Waals surface area contributed by atoms with E-state index in [1.54, 1.807) is 0 Å². The lowest BCUT2D eigenvalue weighted by molar-refractivity contribution is 1.50. The molecule has 0 aliphatic carbocycles. The molecule has 1 aromatic rings. The van der Waals surface area contributed by atoms with Crippen molar-refractivity contribution in [3.8, 4) is 0 Å². The van der Waals surface area contributed by atoms with Crippen LogP contribution in [0.5, 0.6) is 0 Å². The van der Waals surface area contributed by atoms with Gasteiger partial charge in [0.1, 0.15) is 0 Å². The summed E-state index contributed by atoms with van der Waals surface area (Å²) in [6.07, 6.45) is 3.88. The van der Waals surface area contributed by atoms with Crippen molar-refractivity contribution in [1.82, 2.24) is 0 Å². The van der Waals surface area contributed by atoms with Gasteiger partial charge in [0, 0.05) is 17.5 Å². The highest BCUT2D eigenvalue weighted by atomic mass is 14.8. The first-order chi connectivity index (χ1) is 7.38. The number of para-hydroxylation sites is 1. The van der Waals surface area contributed by atoms with Gasteiger partial charge in [0.15, 0.2) is 0 Å². The second kappa shape index (κ2) is 7.86. The summed E-state index contributed by atoms with van der Waals surface area (Å²) in [4.78, 5) is 0. The van der Waals surface area contributed by atoms with Gasteiger partial charge >= 0.3 is 0 Å². The largest absolute Gasteiger partial charge is 0.361 e. The van der Waals surface area contributed by atoms with Crippen molar-refractivity contribution < 1.29 is 0 Å². The number of hydrogen-bond donors (Lipinski definition) is 1. The van der Waals surface area contributed by atoms with E-state index in [2.05, 4.69) is 18.0 Å². The first-order valence-electron chi connectivity index (χ1n) is 5.59. The lowest BCUT2D eigenvalue weighted by atomic mass is 10.0. The van der Waals surface area contributed by atoms with Crippen LogP contribution in [0.25, 0.3) is 5.57 Å². The van der Waals surface area contributed by atoms with Crippen LogP contribution in [0.2, 0.25) is 0 Å². The molecule has 1 heterocycles. The Hall–Kier alpha value is -1.50. The zero-order valence-corrected chi connectivity index (χ0v) is 10.2. The van der Waals surface area contributed by atoms with Gasteiger partial charge in [-0.25, -0.2) is 0 Å². The number of fused-ring (bicyclic) bond motifs is 1. The van der Waals surface area contributed by atoms with E-state index in [4.69, 9.17) is 0 Å². The van der Waals surface area contributed by atoms with E-state index < -0.39 is 0 Å². The van der Waals surface area contributed by atoms with E-state index in [0.717, 1.165) is 11.3 Å². The molecule has 0 saturated heterocycles. The monoisotopic (exact) mass is 203 g/mol. The lowest BCUT2D eigenvalue weighted by Gasteiger charge is -2.13. The molecule has 1 N–H and O–H groups in total. The minimum Gasteiger partial charge on any atom is -0.361 e. The van der Waals surface area contributed by atoms with Crippen LogP contribution < -0.4 is 5.32 Å². The van der Waals surface area contributed by atoms with E-state index in [1.165, 1.54) is 5.56 Å². The van der Waals surface area contributed by atoms with Crippen LogP contribution in [0.1, 0.15) is 33.3 Å². The third-order valence-corrected chi connectivity index (χ3v) is 1.80. The molecule has 1 aliphatic heterocycles. The molecule has 1 nitrogen and oxygen atoms in total. The van der Waals surface area contributed by atoms with Crippen molar-refractivity contribution in [3.05, 3.63) is 48.7 Å². The molecule has 1 heteroatoms. The highest BCUT2D eigenvalue weighted by Gasteiger charge is 2.04. The predicted molar refractivity (Wildman–Crippen MR) is 70.9 cm³/mol. The SMILES string of the molecule is C=C1C=CNc2ccccc21.CC.CC. The summed E-state index contributed by atoms with van der Waals surface area (Å²) in [5.41, 5.74) is 3.40. The maximum atomic E-state index is 3.93. The molecule has 0 amide bonds. The quantitative estimate of drug-likeness (QED) is 0.645. The number of allylic oxidation sites excluding steroid dienone is 2. The van der Waals surface area contributed by atoms with Crippen molar-refractivity contribution in [2.45, 2.75) is 27.7 Å². The van der Waals surface area contributed by atoms with Crippen LogP contribution in [0.4, 0.5) is 5.69 Å². The number of anilines is 1. The number of rotatable bonds is 0. The highest BCUT2D eigenvalue weighted by molar-refractivity contribution is 5.83. The van der Waals surface area contributed by atoms with E-state index in [-0.39, 0.29) is 0 Å². The van der Waals surface area contributed by atoms with Gasteiger partial charge in [-0.2, -0.15) is 0 Å². The standard InChI is InChI=1S/C10H9N.2C2H6/c1-8-6-7-11-10-5-3-2-4-9(8)10;2*1-2/h2-7,11H,1H2;2*1-2H3. The normalized spacial score (nSPS) is 11.1. The average molecular weight is 203 g/mol. The molecule has 0 radical (unpaired) electrons. The Balaban J connectivity index is 0.000000442. The van der Waals surface area contributed by atoms with Gasteiger partial charge in [-0.3, -0.25) is 0 Å². The molecule has 0 unspecified atom stereocenters. The fourth-order valence-corrected chi connectivity index (χ4v) is 1.21. The topological polar surface area (TPSA) is 12.0 Å². The van der Waals surface area contributed by atoms with Crippen LogP contribution >= 0.6 is 0 Å². The molecule has 0 bridgehead atoms. The number of nitrogens with one attached hydrogen (secondary N) is 1. The van der Waals surface area contributed by atoms with E-state index in [0.29, 0.717) is 0 Å². The van der Waals surface area contributed by atoms with Crippen molar-refractivity contribution in [2.75, 3.05) is 5.32 Å². The smallest absolute Gasteiger partial charge is 0.0459 e. The van der Waals surface area contributed by atoms with Gasteiger partial charge in [-0.15, -0.1) is 0 Å². The Labute approximate surface area is 93.5 Å². The third kappa shape index (κ3) is 3.62. The van der Waals surface area contributed by atoms with Crippen molar-refractivity contribution in [2.24, 2.45) is 0 Å². The summed E-state index contributed by atoms with van der Waals surface area (Å²) >= 11 is 0. The maximum absolute atomic E-state index is 3.93. The third-order valence-electron chi connectivity index (χ3n) is 1.80. The second-order valence-corrected chi connectivity index (χ2v) is 2.55. The Bertz CT molecular complexity index is 324. The number of hydrogen-bond acceptors (Lipinski definition) is 1. The fraction of sp³-hybridized carbons (Fsp3) is 0.286. The van der Waals surface area contributed by atoms with E-state index in [1.807, 2.05) is 58.2 Å². The zero-order chi connectivity index (χ0) is 11.7. The molecule has 82 valence electrons. The minimum absolute atomic E-state index is 1.07. The Morgan fingerprint density at radius 3 is 2.20 bits per heavy atom. The molecule has 0 spiro atoms. The van der Waals surface area contributed by atoms with Crippen molar-refractivity contribution in [1.29, 1.82) is 0 Å². The predicted octanol–water partition coefficient (Wildman–Crippen LogP) is 4.69. The molecule has 15 heavy (non-hydrogen) atoms. The van der Waals surface area contributed by atoms with Gasteiger partial charge in [-0.05, 0) is 17.7 Å². The molecule has 1 aliphatic rings. The summed E-state index contributed by atoms with van der Waals surface area (Å²) in [5.74, 6) is 0. The van der Waals surface area contributed by atoms with E-state index in [9.17, 15) is 0 Å². The van der Waals surface area contributed by atoms with Gasteiger partial charge in [0.2, 0.25) is 0 Å². The summed E-state index contributed by atoms with van der Waals surface area (Å²) < 4.78 is 0. The molecular formula is C14H21N. The fourth-order valence-electron chi connectivity index (χ4n) is 1.21. The van der Waals surface area contributed by atoms with Crippen LogP contribution in [0.15, 0.2) is 43.1 Å². The van der Waals surface area contributed by atoms with Crippen molar-refractivity contribution >= 4 is 11.3 Å². The maximum Gasteiger partial charge on any atom is 0.0459 e. The van der Waals surface area contributed by atoms with Gasteiger partial charge in [-0.1, -0.05) is 52.5 Å². The zero-order valence-electron chi connectivity index (χ0n) is 10.2. The summed E-state index contributed by atoms with van der Waals surface area (Å²) in [6.45, 7) is 11.9. The van der Waals surface area contributed by atoms with Crippen molar-refractivity contribution in [3.63, 3.8) is 0 Å². The lowest BCUT2D eigenvalue weighted by Crippen LogP contribution is -1.97. The van der Waals surface area contributed by atoms with Gasteiger partial charge in [0.25, 0.3) is 0 Å². The first-order valence-corrected chi connectivity index (χ1v) is 5.59. The van der Waals surface area contributed by atoms with Gasteiger partial charge < -0.3 is 5.32 Å². The van der Waals surface area contributed by atoms with E-state index >= 15 is 0 Å². The highest BCUT2D eigenvalue weighted by Crippen LogP contribution is 2.26. The summed E-state index contributed by atoms with van der Waals surface area (Å²) in [6, 6.07) is 8.14. The minimum atomic E-state index is 1.07. The Morgan fingerprint density at radius 1 is 1.00 bits per heavy atom. The molecule has 0 fully saturated rings. The molecule has 2 rings (SSSR count). The van der Waals surface area contributed by atoms with Crippen LogP contribution in [0, 0.1) is 0 Å². The number of benzene rings is 1.